The highest BCUT2D eigenvalue weighted by Crippen LogP contribution is 2.36. The lowest BCUT2D eigenvalue weighted by molar-refractivity contribution is 0.486. The Balaban J connectivity index is 1.11. The Bertz CT molecular complexity index is 2980. The molecule has 0 unspecified atom stereocenters. The minimum absolute atomic E-state index is 0.282. The van der Waals surface area contributed by atoms with Crippen LogP contribution in [0.4, 0.5) is 0 Å². The molecule has 0 amide bonds. The van der Waals surface area contributed by atoms with Gasteiger partial charge in [0.15, 0.2) is 23.3 Å². The highest BCUT2D eigenvalue weighted by molar-refractivity contribution is 5.80. The summed E-state index contributed by atoms with van der Waals surface area (Å²) in [6.45, 7) is 10.9. The van der Waals surface area contributed by atoms with Crippen LogP contribution in [0.25, 0.3) is 78.9 Å². The van der Waals surface area contributed by atoms with Gasteiger partial charge in [-0.05, 0) is 69.6 Å². The van der Waals surface area contributed by atoms with Crippen molar-refractivity contribution in [1.82, 2.24) is 29.9 Å². The molecule has 2 aromatic heterocycles. The standard InChI is InChI=1S/C56H48N6/c1-55(2,3)53-59-49(41-25-14-8-15-26-41)58-52(60-53)48-35-46(40-23-12-7-13-24-40)34-47(36-48)43-29-18-20-38(32-43)37-56(4,5)54-61-50(42-27-16-9-17-28-42)57-51(62-54)45-31-19-30-44(33-45)39-21-10-6-11-22-39/h6-36H,37H2,1-5H3. The van der Waals surface area contributed by atoms with Crippen LogP contribution in [0.2, 0.25) is 0 Å². The van der Waals surface area contributed by atoms with Crippen molar-refractivity contribution in [2.24, 2.45) is 0 Å². The highest BCUT2D eigenvalue weighted by Gasteiger charge is 2.28. The van der Waals surface area contributed by atoms with Crippen molar-refractivity contribution < 1.29 is 0 Å². The molecule has 6 heteroatoms. The molecule has 2 heterocycles. The number of rotatable bonds is 10. The second kappa shape index (κ2) is 16.9. The molecule has 9 rings (SSSR count). The van der Waals surface area contributed by atoms with Crippen molar-refractivity contribution in [2.45, 2.75) is 51.9 Å². The first-order valence-corrected chi connectivity index (χ1v) is 21.2. The van der Waals surface area contributed by atoms with Crippen LogP contribution in [0.3, 0.4) is 0 Å². The molecule has 0 saturated heterocycles. The van der Waals surface area contributed by atoms with E-state index in [0.29, 0.717) is 29.7 Å². The zero-order valence-corrected chi connectivity index (χ0v) is 35.8. The van der Waals surface area contributed by atoms with E-state index < -0.39 is 5.41 Å². The van der Waals surface area contributed by atoms with Crippen molar-refractivity contribution in [3.63, 3.8) is 0 Å². The Morgan fingerprint density at radius 3 is 1.18 bits per heavy atom. The van der Waals surface area contributed by atoms with Gasteiger partial charge in [0, 0.05) is 33.1 Å². The summed E-state index contributed by atoms with van der Waals surface area (Å²) in [5.74, 6) is 4.11. The summed E-state index contributed by atoms with van der Waals surface area (Å²) < 4.78 is 0. The fourth-order valence-corrected chi connectivity index (χ4v) is 7.72. The van der Waals surface area contributed by atoms with Crippen LogP contribution < -0.4 is 0 Å². The third kappa shape index (κ3) is 8.86. The van der Waals surface area contributed by atoms with Crippen LogP contribution in [0.1, 0.15) is 51.8 Å². The van der Waals surface area contributed by atoms with Crippen LogP contribution in [0.5, 0.6) is 0 Å². The zero-order valence-electron chi connectivity index (χ0n) is 35.8. The van der Waals surface area contributed by atoms with Crippen molar-refractivity contribution in [3.05, 3.63) is 205 Å². The molecular weight excluding hydrogens is 757 g/mol. The van der Waals surface area contributed by atoms with Gasteiger partial charge in [0.05, 0.1) is 0 Å². The maximum atomic E-state index is 5.21. The average Bonchev–Trinajstić information content (AvgIpc) is 3.32. The number of nitrogens with zero attached hydrogens (tertiary/aromatic N) is 6. The van der Waals surface area contributed by atoms with Crippen molar-refractivity contribution in [1.29, 1.82) is 0 Å². The largest absolute Gasteiger partial charge is 0.212 e. The molecule has 0 aliphatic rings. The quantitative estimate of drug-likeness (QED) is 0.137. The molecule has 0 aliphatic carbocycles. The van der Waals surface area contributed by atoms with E-state index in [-0.39, 0.29) is 5.41 Å². The third-order valence-electron chi connectivity index (χ3n) is 11.0. The maximum absolute atomic E-state index is 5.21. The van der Waals surface area contributed by atoms with E-state index in [2.05, 4.69) is 162 Å². The third-order valence-corrected chi connectivity index (χ3v) is 11.0. The fraction of sp³-hybridized carbons (Fsp3) is 0.143. The molecule has 9 aromatic rings. The number of benzene rings is 7. The average molecular weight is 805 g/mol. The highest BCUT2D eigenvalue weighted by atomic mass is 15.1. The van der Waals surface area contributed by atoms with Crippen LogP contribution in [0.15, 0.2) is 188 Å². The first kappa shape index (κ1) is 40.0. The summed E-state index contributed by atoms with van der Waals surface area (Å²) in [5, 5.41) is 0. The van der Waals surface area contributed by atoms with E-state index in [1.54, 1.807) is 0 Å². The number of aromatic nitrogens is 6. The van der Waals surface area contributed by atoms with Crippen LogP contribution >= 0.6 is 0 Å². The SMILES string of the molecule is CC(C)(C)c1nc(-c2ccccc2)nc(-c2cc(-c3ccccc3)cc(-c3cccc(CC(C)(C)c4nc(-c5ccccc5)nc(-c5cccc(-c6ccccc6)c5)n4)c3)c2)n1. The molecule has 6 nitrogen and oxygen atoms in total. The lowest BCUT2D eigenvalue weighted by Gasteiger charge is -2.24. The first-order valence-electron chi connectivity index (χ1n) is 21.2. The van der Waals surface area contributed by atoms with E-state index >= 15 is 0 Å². The predicted octanol–water partition coefficient (Wildman–Crippen LogP) is 13.5. The van der Waals surface area contributed by atoms with E-state index in [4.69, 9.17) is 29.9 Å². The second-order valence-corrected chi connectivity index (χ2v) is 17.5. The maximum Gasteiger partial charge on any atom is 0.163 e. The van der Waals surface area contributed by atoms with E-state index in [1.807, 2.05) is 60.7 Å². The smallest absolute Gasteiger partial charge is 0.163 e. The van der Waals surface area contributed by atoms with Gasteiger partial charge in [-0.1, -0.05) is 198 Å². The number of hydrogen-bond donors (Lipinski definition) is 0. The van der Waals surface area contributed by atoms with Gasteiger partial charge in [0.2, 0.25) is 0 Å². The van der Waals surface area contributed by atoms with E-state index in [1.165, 1.54) is 5.56 Å². The van der Waals surface area contributed by atoms with Crippen LogP contribution in [-0.4, -0.2) is 29.9 Å². The minimum atomic E-state index is -0.448. The van der Waals surface area contributed by atoms with Gasteiger partial charge in [-0.25, -0.2) is 29.9 Å². The van der Waals surface area contributed by atoms with Gasteiger partial charge in [0.25, 0.3) is 0 Å². The Labute approximate surface area is 364 Å². The monoisotopic (exact) mass is 804 g/mol. The molecule has 302 valence electrons. The molecule has 0 saturated carbocycles. The summed E-state index contributed by atoms with van der Waals surface area (Å²) in [5.41, 5.74) is 10.9. The summed E-state index contributed by atoms with van der Waals surface area (Å²) >= 11 is 0. The Morgan fingerprint density at radius 1 is 0.290 bits per heavy atom. The zero-order chi connectivity index (χ0) is 42.7. The Hall–Kier alpha value is -7.44. The molecule has 0 spiro atoms. The Kier molecular flexibility index (Phi) is 10.9. The summed E-state index contributed by atoms with van der Waals surface area (Å²) in [4.78, 5) is 30.6. The van der Waals surface area contributed by atoms with E-state index in [0.717, 1.165) is 67.3 Å². The van der Waals surface area contributed by atoms with Crippen LogP contribution in [0, 0.1) is 0 Å². The second-order valence-electron chi connectivity index (χ2n) is 17.5. The molecule has 62 heavy (non-hydrogen) atoms. The van der Waals surface area contributed by atoms with E-state index in [9.17, 15) is 0 Å². The predicted molar refractivity (Wildman–Crippen MR) is 253 cm³/mol. The first-order chi connectivity index (χ1) is 30.1. The van der Waals surface area contributed by atoms with Gasteiger partial charge < -0.3 is 0 Å². The van der Waals surface area contributed by atoms with Crippen LogP contribution in [-0.2, 0) is 17.3 Å². The molecule has 0 N–H and O–H groups in total. The van der Waals surface area contributed by atoms with Crippen molar-refractivity contribution in [3.8, 4) is 78.9 Å². The molecule has 0 radical (unpaired) electrons. The molecule has 0 atom stereocenters. The minimum Gasteiger partial charge on any atom is -0.212 e. The fourth-order valence-electron chi connectivity index (χ4n) is 7.72. The number of hydrogen-bond acceptors (Lipinski definition) is 6. The van der Waals surface area contributed by atoms with Gasteiger partial charge >= 0.3 is 0 Å². The van der Waals surface area contributed by atoms with Gasteiger partial charge in [-0.3, -0.25) is 0 Å². The summed E-state index contributed by atoms with van der Waals surface area (Å²) in [6, 6.07) is 65.2. The summed E-state index contributed by atoms with van der Waals surface area (Å²) in [6.07, 6.45) is 0.705. The lowest BCUT2D eigenvalue weighted by atomic mass is 9.84. The van der Waals surface area contributed by atoms with Gasteiger partial charge in [0.1, 0.15) is 11.6 Å². The van der Waals surface area contributed by atoms with Crippen molar-refractivity contribution in [2.75, 3.05) is 0 Å². The van der Waals surface area contributed by atoms with Crippen molar-refractivity contribution >= 4 is 0 Å². The van der Waals surface area contributed by atoms with Gasteiger partial charge in [-0.2, -0.15) is 0 Å². The normalized spacial score (nSPS) is 11.7. The topological polar surface area (TPSA) is 77.3 Å². The Morgan fingerprint density at radius 2 is 0.645 bits per heavy atom. The van der Waals surface area contributed by atoms with Gasteiger partial charge in [-0.15, -0.1) is 0 Å². The molecule has 0 aliphatic heterocycles. The molecule has 7 aromatic carbocycles. The summed E-state index contributed by atoms with van der Waals surface area (Å²) in [7, 11) is 0. The molecular formula is C56H48N6. The molecule has 0 bridgehead atoms. The molecule has 0 fully saturated rings. The lowest BCUT2D eigenvalue weighted by Crippen LogP contribution is -2.25.